The molecule has 27 heavy (non-hydrogen) atoms. The molecule has 140 valence electrons. The Morgan fingerprint density at radius 2 is 1.67 bits per heavy atom. The van der Waals surface area contributed by atoms with Crippen molar-refractivity contribution >= 4 is 21.6 Å². The lowest BCUT2D eigenvalue weighted by molar-refractivity contribution is 0.267. The zero-order valence-corrected chi connectivity index (χ0v) is 16.7. The van der Waals surface area contributed by atoms with Crippen LogP contribution in [0.1, 0.15) is 18.1 Å². The van der Waals surface area contributed by atoms with Gasteiger partial charge in [-0.2, -0.15) is 0 Å². The summed E-state index contributed by atoms with van der Waals surface area (Å²) in [6.07, 6.45) is 0. The molecule has 0 aromatic heterocycles. The van der Waals surface area contributed by atoms with Crippen LogP contribution in [0, 0.1) is 0 Å². The van der Waals surface area contributed by atoms with Crippen LogP contribution in [0.3, 0.4) is 0 Å². The molecule has 3 rings (SSSR count). The molecule has 5 heteroatoms. The van der Waals surface area contributed by atoms with E-state index in [9.17, 15) is 5.11 Å². The lowest BCUT2D eigenvalue weighted by atomic mass is 10.2. The molecule has 0 atom stereocenters. The SMILES string of the molecule is CCOc1cc(CNc2ccc(O)cc2)cc(Br)c1OCc1ccccc1. The Labute approximate surface area is 167 Å². The van der Waals surface area contributed by atoms with Crippen molar-refractivity contribution in [2.45, 2.75) is 20.1 Å². The number of anilines is 1. The lowest BCUT2D eigenvalue weighted by Gasteiger charge is -2.16. The Kier molecular flexibility index (Phi) is 6.60. The lowest BCUT2D eigenvalue weighted by Crippen LogP contribution is -2.04. The predicted octanol–water partition coefficient (Wildman–Crippen LogP) is 5.74. The molecular weight excluding hydrogens is 406 g/mol. The third kappa shape index (κ3) is 5.41. The van der Waals surface area contributed by atoms with E-state index in [0.717, 1.165) is 21.3 Å². The van der Waals surface area contributed by atoms with E-state index in [1.807, 2.05) is 61.5 Å². The van der Waals surface area contributed by atoms with Crippen molar-refractivity contribution in [3.8, 4) is 17.2 Å². The fourth-order valence-electron chi connectivity index (χ4n) is 2.64. The van der Waals surface area contributed by atoms with Crippen LogP contribution < -0.4 is 14.8 Å². The maximum atomic E-state index is 9.37. The molecule has 0 aliphatic heterocycles. The van der Waals surface area contributed by atoms with Crippen LogP contribution in [0.2, 0.25) is 0 Å². The van der Waals surface area contributed by atoms with Gasteiger partial charge in [-0.3, -0.25) is 0 Å². The number of halogens is 1. The Morgan fingerprint density at radius 1 is 0.926 bits per heavy atom. The van der Waals surface area contributed by atoms with Crippen molar-refractivity contribution in [1.82, 2.24) is 0 Å². The van der Waals surface area contributed by atoms with Crippen molar-refractivity contribution in [2.24, 2.45) is 0 Å². The zero-order chi connectivity index (χ0) is 19.1. The molecular formula is C22H22BrNO3. The van der Waals surface area contributed by atoms with Gasteiger partial charge in [-0.25, -0.2) is 0 Å². The first-order valence-electron chi connectivity index (χ1n) is 8.80. The molecule has 0 saturated carbocycles. The zero-order valence-electron chi connectivity index (χ0n) is 15.1. The van der Waals surface area contributed by atoms with Gasteiger partial charge in [0.05, 0.1) is 11.1 Å². The van der Waals surface area contributed by atoms with Gasteiger partial charge in [-0.15, -0.1) is 0 Å². The third-order valence-corrected chi connectivity index (χ3v) is 4.55. The van der Waals surface area contributed by atoms with Crippen LogP contribution in [0.15, 0.2) is 71.2 Å². The number of nitrogens with one attached hydrogen (secondary N) is 1. The molecule has 3 aromatic carbocycles. The first-order valence-corrected chi connectivity index (χ1v) is 9.60. The fraction of sp³-hybridized carbons (Fsp3) is 0.182. The van der Waals surface area contributed by atoms with E-state index in [2.05, 4.69) is 21.2 Å². The predicted molar refractivity (Wildman–Crippen MR) is 112 cm³/mol. The van der Waals surface area contributed by atoms with Crippen LogP contribution >= 0.6 is 15.9 Å². The molecule has 0 saturated heterocycles. The van der Waals surface area contributed by atoms with Gasteiger partial charge in [-0.1, -0.05) is 30.3 Å². The van der Waals surface area contributed by atoms with Crippen LogP contribution in [0.5, 0.6) is 17.2 Å². The Morgan fingerprint density at radius 3 is 2.37 bits per heavy atom. The van der Waals surface area contributed by atoms with Crippen LogP contribution in [-0.2, 0) is 13.2 Å². The van der Waals surface area contributed by atoms with Crippen molar-refractivity contribution in [1.29, 1.82) is 0 Å². The molecule has 4 nitrogen and oxygen atoms in total. The topological polar surface area (TPSA) is 50.7 Å². The second-order valence-electron chi connectivity index (χ2n) is 6.01. The summed E-state index contributed by atoms with van der Waals surface area (Å²) in [4.78, 5) is 0. The maximum absolute atomic E-state index is 9.37. The van der Waals surface area contributed by atoms with E-state index in [4.69, 9.17) is 9.47 Å². The second-order valence-corrected chi connectivity index (χ2v) is 6.87. The minimum absolute atomic E-state index is 0.252. The number of rotatable bonds is 8. The quantitative estimate of drug-likeness (QED) is 0.449. The highest BCUT2D eigenvalue weighted by molar-refractivity contribution is 9.10. The third-order valence-electron chi connectivity index (χ3n) is 3.96. The van der Waals surface area contributed by atoms with Gasteiger partial charge in [-0.05, 0) is 70.4 Å². The van der Waals surface area contributed by atoms with Gasteiger partial charge in [0.15, 0.2) is 11.5 Å². The summed E-state index contributed by atoms with van der Waals surface area (Å²) in [5.41, 5.74) is 3.10. The number of hydrogen-bond donors (Lipinski definition) is 2. The molecule has 3 aromatic rings. The molecule has 0 aliphatic carbocycles. The van der Waals surface area contributed by atoms with E-state index >= 15 is 0 Å². The summed E-state index contributed by atoms with van der Waals surface area (Å²) in [5.74, 6) is 1.67. The van der Waals surface area contributed by atoms with E-state index in [1.54, 1.807) is 12.1 Å². The summed E-state index contributed by atoms with van der Waals surface area (Å²) in [6.45, 7) is 3.62. The van der Waals surface area contributed by atoms with Crippen LogP contribution in [-0.4, -0.2) is 11.7 Å². The Bertz CT molecular complexity index is 867. The van der Waals surface area contributed by atoms with Crippen LogP contribution in [0.4, 0.5) is 5.69 Å². The minimum Gasteiger partial charge on any atom is -0.508 e. The molecule has 0 aliphatic rings. The average Bonchev–Trinajstić information content (AvgIpc) is 2.68. The first-order chi connectivity index (χ1) is 13.2. The monoisotopic (exact) mass is 427 g/mol. The number of ether oxygens (including phenoxy) is 2. The van der Waals surface area contributed by atoms with Crippen molar-refractivity contribution in [3.63, 3.8) is 0 Å². The summed E-state index contributed by atoms with van der Waals surface area (Å²) >= 11 is 3.61. The second kappa shape index (κ2) is 9.33. The molecule has 0 unspecified atom stereocenters. The van der Waals surface area contributed by atoms with E-state index in [0.29, 0.717) is 31.3 Å². The molecule has 0 heterocycles. The average molecular weight is 428 g/mol. The van der Waals surface area contributed by atoms with Gasteiger partial charge < -0.3 is 19.9 Å². The largest absolute Gasteiger partial charge is 0.508 e. The summed E-state index contributed by atoms with van der Waals surface area (Å²) in [7, 11) is 0. The minimum atomic E-state index is 0.252. The van der Waals surface area contributed by atoms with Gasteiger partial charge in [0.2, 0.25) is 0 Å². The highest BCUT2D eigenvalue weighted by Crippen LogP contribution is 2.37. The normalized spacial score (nSPS) is 10.4. The number of aromatic hydroxyl groups is 1. The van der Waals surface area contributed by atoms with E-state index < -0.39 is 0 Å². The highest BCUT2D eigenvalue weighted by Gasteiger charge is 2.13. The highest BCUT2D eigenvalue weighted by atomic mass is 79.9. The molecule has 0 fully saturated rings. The van der Waals surface area contributed by atoms with Gasteiger partial charge in [0.25, 0.3) is 0 Å². The number of hydrogen-bond acceptors (Lipinski definition) is 4. The van der Waals surface area contributed by atoms with E-state index in [1.165, 1.54) is 0 Å². The number of phenolic OH excluding ortho intramolecular Hbond substituents is 1. The summed E-state index contributed by atoms with van der Waals surface area (Å²) < 4.78 is 12.7. The summed E-state index contributed by atoms with van der Waals surface area (Å²) in [5, 5.41) is 12.7. The number of benzene rings is 3. The number of phenols is 1. The molecule has 0 spiro atoms. The van der Waals surface area contributed by atoms with Crippen LogP contribution in [0.25, 0.3) is 0 Å². The molecule has 0 amide bonds. The Balaban J connectivity index is 1.73. The van der Waals surface area contributed by atoms with Gasteiger partial charge >= 0.3 is 0 Å². The maximum Gasteiger partial charge on any atom is 0.175 e. The smallest absolute Gasteiger partial charge is 0.175 e. The van der Waals surface area contributed by atoms with Crippen molar-refractivity contribution < 1.29 is 14.6 Å². The summed E-state index contributed by atoms with van der Waals surface area (Å²) in [6, 6.07) is 21.0. The standard InChI is InChI=1S/C22H22BrNO3/c1-2-26-21-13-17(14-24-18-8-10-19(25)11-9-18)12-20(23)22(21)27-15-16-6-4-3-5-7-16/h3-13,24-25H,2,14-15H2,1H3. The first kappa shape index (κ1) is 19.1. The molecule has 2 N–H and O–H groups in total. The van der Waals surface area contributed by atoms with Gasteiger partial charge in [0.1, 0.15) is 12.4 Å². The van der Waals surface area contributed by atoms with E-state index in [-0.39, 0.29) is 5.75 Å². The van der Waals surface area contributed by atoms with Crippen molar-refractivity contribution in [2.75, 3.05) is 11.9 Å². The molecule has 0 radical (unpaired) electrons. The molecule has 0 bridgehead atoms. The van der Waals surface area contributed by atoms with Gasteiger partial charge in [0, 0.05) is 12.2 Å². The fourth-order valence-corrected chi connectivity index (χ4v) is 3.24. The van der Waals surface area contributed by atoms with Crippen molar-refractivity contribution in [3.05, 3.63) is 82.3 Å². The Hall–Kier alpha value is -2.66.